The van der Waals surface area contributed by atoms with Crippen LogP contribution in [0.5, 0.6) is 5.75 Å². The minimum Gasteiger partial charge on any atom is -0.494 e. The molecule has 0 bridgehead atoms. The largest absolute Gasteiger partial charge is 0.494 e. The second-order valence-corrected chi connectivity index (χ2v) is 8.61. The normalized spacial score (nSPS) is 17.8. The van der Waals surface area contributed by atoms with Crippen LogP contribution in [-0.4, -0.2) is 66.3 Å². The lowest BCUT2D eigenvalue weighted by molar-refractivity contribution is -0.138. The number of carbonyl (C=O) groups is 2. The number of halogens is 1. The van der Waals surface area contributed by atoms with Crippen molar-refractivity contribution in [2.45, 2.75) is 32.4 Å². The van der Waals surface area contributed by atoms with Crippen LogP contribution in [0.25, 0.3) is 5.57 Å². The van der Waals surface area contributed by atoms with Crippen LogP contribution < -0.4 is 4.74 Å². The summed E-state index contributed by atoms with van der Waals surface area (Å²) in [6.45, 7) is 4.21. The number of hydrogen-bond donors (Lipinski definition) is 0. The average molecular weight is 452 g/mol. The number of carbonyl (C=O) groups excluding carboxylic acids is 2. The van der Waals surface area contributed by atoms with Crippen molar-refractivity contribution in [3.63, 3.8) is 0 Å². The van der Waals surface area contributed by atoms with Crippen molar-refractivity contribution in [2.75, 3.05) is 33.8 Å². The van der Waals surface area contributed by atoms with E-state index in [0.717, 1.165) is 30.8 Å². The zero-order valence-electron chi connectivity index (χ0n) is 19.4. The van der Waals surface area contributed by atoms with Gasteiger partial charge < -0.3 is 14.5 Å². The summed E-state index contributed by atoms with van der Waals surface area (Å²) in [6, 6.07) is 13.6. The monoisotopic (exact) mass is 451 g/mol. The second kappa shape index (κ2) is 9.75. The van der Waals surface area contributed by atoms with Crippen LogP contribution in [0.15, 0.2) is 54.2 Å². The van der Waals surface area contributed by atoms with Crippen molar-refractivity contribution in [3.8, 4) is 5.75 Å². The molecule has 0 N–H and O–H groups in total. The first-order valence-corrected chi connectivity index (χ1v) is 11.4. The molecular weight excluding hydrogens is 421 g/mol. The van der Waals surface area contributed by atoms with E-state index in [0.29, 0.717) is 34.8 Å². The summed E-state index contributed by atoms with van der Waals surface area (Å²) in [7, 11) is 3.97. The van der Waals surface area contributed by atoms with Crippen LogP contribution in [0.3, 0.4) is 0 Å². The number of imide groups is 1. The standard InChI is InChI=1S/C26H30FN3O3/c1-4-33-21-11-9-18(10-12-21)23-24(29(3)20-13-15-28(2)16-14-20)26(32)30(25(23)31)17-19-7-5-6-8-22(19)27/h5-12,20H,4,13-17H2,1-3H3. The summed E-state index contributed by atoms with van der Waals surface area (Å²) in [4.78, 5) is 32.5. The number of likely N-dealkylation sites (N-methyl/N-ethyl adjacent to an activating group) is 1. The molecule has 174 valence electrons. The summed E-state index contributed by atoms with van der Waals surface area (Å²) in [5, 5.41) is 0. The van der Waals surface area contributed by atoms with Gasteiger partial charge in [0.25, 0.3) is 11.8 Å². The van der Waals surface area contributed by atoms with Crippen molar-refractivity contribution in [2.24, 2.45) is 0 Å². The third-order valence-corrected chi connectivity index (χ3v) is 6.47. The van der Waals surface area contributed by atoms with Gasteiger partial charge >= 0.3 is 0 Å². The van der Waals surface area contributed by atoms with Crippen LogP contribution in [0.1, 0.15) is 30.9 Å². The minimum absolute atomic E-state index is 0.102. The quantitative estimate of drug-likeness (QED) is 0.603. The van der Waals surface area contributed by atoms with Gasteiger partial charge in [0.15, 0.2) is 0 Å². The molecule has 0 unspecified atom stereocenters. The molecule has 0 aliphatic carbocycles. The molecule has 2 aromatic carbocycles. The Morgan fingerprint density at radius 2 is 1.70 bits per heavy atom. The third kappa shape index (κ3) is 4.64. The van der Waals surface area contributed by atoms with E-state index in [4.69, 9.17) is 4.74 Å². The number of amides is 2. The van der Waals surface area contributed by atoms with Gasteiger partial charge in [-0.15, -0.1) is 0 Å². The van der Waals surface area contributed by atoms with Gasteiger partial charge in [-0.3, -0.25) is 14.5 Å². The van der Waals surface area contributed by atoms with Crippen molar-refractivity contribution in [3.05, 3.63) is 71.2 Å². The van der Waals surface area contributed by atoms with Gasteiger partial charge in [-0.05, 0) is 63.7 Å². The SMILES string of the molecule is CCOc1ccc(C2=C(N(C)C3CCN(C)CC3)C(=O)N(Cc3ccccc3F)C2=O)cc1. The first kappa shape index (κ1) is 23.0. The zero-order chi connectivity index (χ0) is 23.5. The van der Waals surface area contributed by atoms with Gasteiger partial charge in [0.2, 0.25) is 0 Å². The second-order valence-electron chi connectivity index (χ2n) is 8.61. The fourth-order valence-corrected chi connectivity index (χ4v) is 4.54. The molecule has 1 saturated heterocycles. The maximum Gasteiger partial charge on any atom is 0.278 e. The Morgan fingerprint density at radius 3 is 2.33 bits per heavy atom. The van der Waals surface area contributed by atoms with Crippen molar-refractivity contribution < 1.29 is 18.7 Å². The molecule has 2 aromatic rings. The molecule has 0 radical (unpaired) electrons. The van der Waals surface area contributed by atoms with E-state index in [1.807, 2.05) is 18.9 Å². The summed E-state index contributed by atoms with van der Waals surface area (Å²) >= 11 is 0. The molecular formula is C26H30FN3O3. The Kier molecular flexibility index (Phi) is 6.79. The number of nitrogens with zero attached hydrogens (tertiary/aromatic N) is 3. The summed E-state index contributed by atoms with van der Waals surface area (Å²) in [6.07, 6.45) is 1.81. The van der Waals surface area contributed by atoms with E-state index in [9.17, 15) is 14.0 Å². The first-order chi connectivity index (χ1) is 15.9. The van der Waals surface area contributed by atoms with Crippen LogP contribution in [0.2, 0.25) is 0 Å². The fraction of sp³-hybridized carbons (Fsp3) is 0.385. The van der Waals surface area contributed by atoms with Gasteiger partial charge in [-0.2, -0.15) is 0 Å². The number of benzene rings is 2. The topological polar surface area (TPSA) is 53.1 Å². The van der Waals surface area contributed by atoms with Gasteiger partial charge in [0, 0.05) is 18.7 Å². The number of hydrogen-bond acceptors (Lipinski definition) is 5. The molecule has 2 amide bonds. The molecule has 0 aromatic heterocycles. The summed E-state index contributed by atoms with van der Waals surface area (Å²) < 4.78 is 19.9. The Labute approximate surface area is 194 Å². The Morgan fingerprint density at radius 1 is 1.03 bits per heavy atom. The van der Waals surface area contributed by atoms with Crippen molar-refractivity contribution in [1.29, 1.82) is 0 Å². The highest BCUT2D eigenvalue weighted by Gasteiger charge is 2.42. The molecule has 0 atom stereocenters. The minimum atomic E-state index is -0.433. The van der Waals surface area contributed by atoms with E-state index in [1.165, 1.54) is 6.07 Å². The zero-order valence-corrected chi connectivity index (χ0v) is 19.4. The van der Waals surface area contributed by atoms with Crippen molar-refractivity contribution >= 4 is 17.4 Å². The molecule has 0 spiro atoms. The van der Waals surface area contributed by atoms with Crippen LogP contribution in [0.4, 0.5) is 4.39 Å². The molecule has 33 heavy (non-hydrogen) atoms. The summed E-state index contributed by atoms with van der Waals surface area (Å²) in [5.74, 6) is -0.513. The highest BCUT2D eigenvalue weighted by Crippen LogP contribution is 2.35. The number of ether oxygens (including phenoxy) is 1. The maximum atomic E-state index is 14.3. The highest BCUT2D eigenvalue weighted by atomic mass is 19.1. The van der Waals surface area contributed by atoms with Crippen LogP contribution in [0, 0.1) is 5.82 Å². The highest BCUT2D eigenvalue weighted by molar-refractivity contribution is 6.35. The summed E-state index contributed by atoms with van der Waals surface area (Å²) in [5.41, 5.74) is 1.71. The van der Waals surface area contributed by atoms with E-state index < -0.39 is 11.7 Å². The molecule has 4 rings (SSSR count). The number of rotatable bonds is 7. The lowest BCUT2D eigenvalue weighted by atomic mass is 10.00. The molecule has 2 heterocycles. The fourth-order valence-electron chi connectivity index (χ4n) is 4.54. The third-order valence-electron chi connectivity index (χ3n) is 6.47. The van der Waals surface area contributed by atoms with Gasteiger partial charge in [0.05, 0.1) is 18.7 Å². The van der Waals surface area contributed by atoms with Gasteiger partial charge in [-0.25, -0.2) is 4.39 Å². The molecule has 1 fully saturated rings. The predicted molar refractivity (Wildman–Crippen MR) is 125 cm³/mol. The molecule has 2 aliphatic heterocycles. The maximum absolute atomic E-state index is 14.3. The number of likely N-dealkylation sites (tertiary alicyclic amines) is 1. The van der Waals surface area contributed by atoms with Gasteiger partial charge in [-0.1, -0.05) is 30.3 Å². The smallest absolute Gasteiger partial charge is 0.278 e. The molecule has 7 heteroatoms. The average Bonchev–Trinajstić information content (AvgIpc) is 3.06. The van der Waals surface area contributed by atoms with E-state index in [-0.39, 0.29) is 18.5 Å². The lowest BCUT2D eigenvalue weighted by Crippen LogP contribution is -2.43. The molecule has 2 aliphatic rings. The lowest BCUT2D eigenvalue weighted by Gasteiger charge is -2.36. The Hall–Kier alpha value is -3.19. The molecule has 6 nitrogen and oxygen atoms in total. The number of piperidine rings is 1. The van der Waals surface area contributed by atoms with E-state index >= 15 is 0 Å². The van der Waals surface area contributed by atoms with E-state index in [2.05, 4.69) is 11.9 Å². The Balaban J connectivity index is 1.71. The van der Waals surface area contributed by atoms with Gasteiger partial charge in [0.1, 0.15) is 17.3 Å². The molecule has 0 saturated carbocycles. The predicted octanol–water partition coefficient (Wildman–Crippen LogP) is 3.53. The first-order valence-electron chi connectivity index (χ1n) is 11.4. The van der Waals surface area contributed by atoms with Crippen LogP contribution >= 0.6 is 0 Å². The van der Waals surface area contributed by atoms with E-state index in [1.54, 1.807) is 42.5 Å². The Bertz CT molecular complexity index is 1060. The van der Waals surface area contributed by atoms with Crippen molar-refractivity contribution in [1.82, 2.24) is 14.7 Å². The van der Waals surface area contributed by atoms with Crippen LogP contribution in [-0.2, 0) is 16.1 Å².